The molecule has 1 aromatic heterocycles. The van der Waals surface area contributed by atoms with Crippen LogP contribution >= 0.6 is 23.1 Å². The van der Waals surface area contributed by atoms with Crippen LogP contribution in [-0.4, -0.2) is 6.26 Å². The van der Waals surface area contributed by atoms with Gasteiger partial charge in [-0.15, -0.1) is 23.1 Å². The van der Waals surface area contributed by atoms with Gasteiger partial charge in [-0.1, -0.05) is 30.3 Å². The molecule has 0 spiro atoms. The lowest BCUT2D eigenvalue weighted by molar-refractivity contribution is 0.641. The van der Waals surface area contributed by atoms with Gasteiger partial charge in [0, 0.05) is 9.60 Å². The lowest BCUT2D eigenvalue weighted by Crippen LogP contribution is -2.28. The number of hydrogen-bond donors (Lipinski definition) is 2. The largest absolute Gasteiger partial charge is 0.271 e. The van der Waals surface area contributed by atoms with Crippen molar-refractivity contribution in [2.45, 2.75) is 10.9 Å². The van der Waals surface area contributed by atoms with E-state index in [1.807, 2.05) is 0 Å². The molecule has 1 atom stereocenters. The van der Waals surface area contributed by atoms with Crippen molar-refractivity contribution >= 4 is 33.2 Å². The van der Waals surface area contributed by atoms with Gasteiger partial charge in [0.2, 0.25) is 0 Å². The molecular weight excluding hydrogens is 284 g/mol. The maximum atomic E-state index is 5.82. The highest BCUT2D eigenvalue weighted by Gasteiger charge is 2.15. The fourth-order valence-corrected chi connectivity index (χ4v) is 3.76. The Balaban J connectivity index is 2.06. The van der Waals surface area contributed by atoms with E-state index in [0.717, 1.165) is 0 Å². The third-order valence-electron chi connectivity index (χ3n) is 3.44. The molecule has 3 N–H and O–H groups in total. The van der Waals surface area contributed by atoms with E-state index < -0.39 is 0 Å². The van der Waals surface area contributed by atoms with Crippen LogP contribution in [0.15, 0.2) is 58.8 Å². The van der Waals surface area contributed by atoms with Crippen LogP contribution in [0.5, 0.6) is 0 Å². The van der Waals surface area contributed by atoms with E-state index in [1.54, 1.807) is 23.1 Å². The van der Waals surface area contributed by atoms with Gasteiger partial charge in [-0.2, -0.15) is 0 Å². The van der Waals surface area contributed by atoms with Crippen molar-refractivity contribution in [3.05, 3.63) is 65.0 Å². The lowest BCUT2D eigenvalue weighted by atomic mass is 9.98. The molecule has 3 aromatic rings. The van der Waals surface area contributed by atoms with Gasteiger partial charge in [0.25, 0.3) is 0 Å². The molecule has 2 nitrogen and oxygen atoms in total. The Labute approximate surface area is 127 Å². The lowest BCUT2D eigenvalue weighted by Gasteiger charge is -2.18. The van der Waals surface area contributed by atoms with Gasteiger partial charge in [-0.05, 0) is 46.3 Å². The van der Waals surface area contributed by atoms with Gasteiger partial charge in [-0.25, -0.2) is 5.43 Å². The van der Waals surface area contributed by atoms with E-state index in [4.69, 9.17) is 5.84 Å². The van der Waals surface area contributed by atoms with E-state index in [9.17, 15) is 0 Å². The maximum absolute atomic E-state index is 5.82. The number of hydrazine groups is 1. The van der Waals surface area contributed by atoms with Crippen LogP contribution in [0.4, 0.5) is 0 Å². The normalized spacial score (nSPS) is 12.7. The highest BCUT2D eigenvalue weighted by Crippen LogP contribution is 2.32. The molecular formula is C16H16N2S2. The highest BCUT2D eigenvalue weighted by molar-refractivity contribution is 7.98. The van der Waals surface area contributed by atoms with E-state index in [-0.39, 0.29) is 6.04 Å². The van der Waals surface area contributed by atoms with Gasteiger partial charge in [-0.3, -0.25) is 5.84 Å². The molecule has 20 heavy (non-hydrogen) atoms. The Hall–Kier alpha value is -1.33. The number of benzene rings is 2. The monoisotopic (exact) mass is 300 g/mol. The average molecular weight is 300 g/mol. The molecule has 0 amide bonds. The van der Waals surface area contributed by atoms with E-state index in [0.29, 0.717) is 0 Å². The Kier molecular flexibility index (Phi) is 4.08. The average Bonchev–Trinajstić information content (AvgIpc) is 2.98. The third kappa shape index (κ3) is 2.47. The van der Waals surface area contributed by atoms with Crippen molar-refractivity contribution in [1.29, 1.82) is 0 Å². The quantitative estimate of drug-likeness (QED) is 0.431. The zero-order valence-electron chi connectivity index (χ0n) is 11.2. The predicted octanol–water partition coefficient (Wildman–Crippen LogP) is 4.18. The van der Waals surface area contributed by atoms with Crippen molar-refractivity contribution in [3.8, 4) is 0 Å². The molecule has 0 aliphatic heterocycles. The van der Waals surface area contributed by atoms with Crippen LogP contribution in [0.25, 0.3) is 10.1 Å². The molecule has 0 bridgehead atoms. The van der Waals surface area contributed by atoms with E-state index in [2.05, 4.69) is 65.6 Å². The first-order valence-electron chi connectivity index (χ1n) is 6.39. The summed E-state index contributed by atoms with van der Waals surface area (Å²) >= 11 is 3.51. The van der Waals surface area contributed by atoms with Gasteiger partial charge in [0.1, 0.15) is 0 Å². The summed E-state index contributed by atoms with van der Waals surface area (Å²) in [4.78, 5) is 1.26. The summed E-state index contributed by atoms with van der Waals surface area (Å²) in [5.74, 6) is 5.82. The molecule has 0 aliphatic carbocycles. The van der Waals surface area contributed by atoms with Crippen molar-refractivity contribution in [3.63, 3.8) is 0 Å². The van der Waals surface area contributed by atoms with E-state index >= 15 is 0 Å². The number of rotatable bonds is 4. The van der Waals surface area contributed by atoms with Gasteiger partial charge >= 0.3 is 0 Å². The van der Waals surface area contributed by atoms with Crippen LogP contribution in [-0.2, 0) is 0 Å². The summed E-state index contributed by atoms with van der Waals surface area (Å²) in [5, 5.41) is 3.40. The second kappa shape index (κ2) is 5.97. The molecule has 2 aromatic carbocycles. The minimum atomic E-state index is 0.0215. The number of thiophene rings is 1. The van der Waals surface area contributed by atoms with Gasteiger partial charge in [0.05, 0.1) is 6.04 Å². The van der Waals surface area contributed by atoms with E-state index in [1.165, 1.54) is 26.1 Å². The fourth-order valence-electron chi connectivity index (χ4n) is 2.41. The molecule has 0 radical (unpaired) electrons. The van der Waals surface area contributed by atoms with Crippen LogP contribution in [0, 0.1) is 0 Å². The smallest absolute Gasteiger partial charge is 0.0724 e. The van der Waals surface area contributed by atoms with Crippen LogP contribution in [0.3, 0.4) is 0 Å². The summed E-state index contributed by atoms with van der Waals surface area (Å²) in [5.41, 5.74) is 5.37. The first kappa shape index (κ1) is 13.6. The second-order valence-electron chi connectivity index (χ2n) is 4.56. The molecule has 0 aliphatic rings. The zero-order chi connectivity index (χ0) is 13.9. The molecule has 102 valence electrons. The molecule has 4 heteroatoms. The van der Waals surface area contributed by atoms with Gasteiger partial charge in [0.15, 0.2) is 0 Å². The number of thioether (sulfide) groups is 1. The van der Waals surface area contributed by atoms with Crippen LogP contribution in [0.2, 0.25) is 0 Å². The first-order valence-corrected chi connectivity index (χ1v) is 8.50. The molecule has 0 saturated carbocycles. The summed E-state index contributed by atoms with van der Waals surface area (Å²) < 4.78 is 1.30. The third-order valence-corrected chi connectivity index (χ3v) is 5.16. The number of hydrogen-bond acceptors (Lipinski definition) is 4. The molecule has 0 fully saturated rings. The number of nitrogens with one attached hydrogen (secondary N) is 1. The summed E-state index contributed by atoms with van der Waals surface area (Å²) in [6.45, 7) is 0. The van der Waals surface area contributed by atoms with Gasteiger partial charge < -0.3 is 0 Å². The van der Waals surface area contributed by atoms with Crippen LogP contribution < -0.4 is 11.3 Å². The van der Waals surface area contributed by atoms with Crippen molar-refractivity contribution in [2.75, 3.05) is 6.26 Å². The Morgan fingerprint density at radius 1 is 1.10 bits per heavy atom. The highest BCUT2D eigenvalue weighted by atomic mass is 32.2. The number of fused-ring (bicyclic) bond motifs is 1. The zero-order valence-corrected chi connectivity index (χ0v) is 12.8. The topological polar surface area (TPSA) is 38.0 Å². The Morgan fingerprint density at radius 2 is 1.90 bits per heavy atom. The summed E-state index contributed by atoms with van der Waals surface area (Å²) in [6, 6.07) is 17.1. The predicted molar refractivity (Wildman–Crippen MR) is 89.2 cm³/mol. The molecule has 0 saturated heterocycles. The second-order valence-corrected chi connectivity index (χ2v) is 6.35. The Morgan fingerprint density at radius 3 is 2.60 bits per heavy atom. The molecule has 3 rings (SSSR count). The van der Waals surface area contributed by atoms with Crippen molar-refractivity contribution in [2.24, 2.45) is 5.84 Å². The Bertz CT molecular complexity index is 704. The maximum Gasteiger partial charge on any atom is 0.0724 e. The van der Waals surface area contributed by atoms with Crippen LogP contribution in [0.1, 0.15) is 17.2 Å². The summed E-state index contributed by atoms with van der Waals surface area (Å²) in [7, 11) is 0. The molecule has 1 unspecified atom stereocenters. The SMILES string of the molecule is CSc1ccc(C(NN)c2cccc3ccsc23)cc1. The standard InChI is InChI=1S/C16H16N2S2/c1-19-13-7-5-11(6-8-13)15(18-17)14-4-2-3-12-9-10-20-16(12)14/h2-10,15,18H,17H2,1H3. The summed E-state index contributed by atoms with van der Waals surface area (Å²) in [6.07, 6.45) is 2.08. The molecule has 1 heterocycles. The fraction of sp³-hybridized carbons (Fsp3) is 0.125. The number of nitrogens with two attached hydrogens (primary N) is 1. The minimum Gasteiger partial charge on any atom is -0.271 e. The first-order chi connectivity index (χ1) is 9.83. The van der Waals surface area contributed by atoms with Crippen molar-refractivity contribution < 1.29 is 0 Å². The minimum absolute atomic E-state index is 0.0215. The van der Waals surface area contributed by atoms with Crippen molar-refractivity contribution in [1.82, 2.24) is 5.43 Å².